The van der Waals surface area contributed by atoms with Gasteiger partial charge in [-0.05, 0) is 45.2 Å². The zero-order chi connectivity index (χ0) is 19.3. The van der Waals surface area contributed by atoms with Gasteiger partial charge in [0.05, 0.1) is 10.7 Å². The molecule has 4 heterocycles. The standard InChI is InChI=1S/C21H34N6S.HI/c1-17-24-19(16-28-17)14-25-10-5-18(6-11-25)13-23-21(22-2)27-12-7-20(15-27)26-8-3-4-9-26;/h3-4,16,18,20H,5-15H2,1-2H3,(H,22,23);1H. The third kappa shape index (κ3) is 6.15. The van der Waals surface area contributed by atoms with Gasteiger partial charge in [-0.2, -0.15) is 0 Å². The van der Waals surface area contributed by atoms with Crippen LogP contribution in [0.2, 0.25) is 0 Å². The van der Waals surface area contributed by atoms with Crippen molar-refractivity contribution in [3.63, 3.8) is 0 Å². The van der Waals surface area contributed by atoms with Crippen molar-refractivity contribution in [1.29, 1.82) is 0 Å². The molecule has 0 aromatic carbocycles. The van der Waals surface area contributed by atoms with Gasteiger partial charge in [0.2, 0.25) is 0 Å². The quantitative estimate of drug-likeness (QED) is 0.275. The van der Waals surface area contributed by atoms with Crippen LogP contribution in [0.25, 0.3) is 0 Å². The van der Waals surface area contributed by atoms with Crippen LogP contribution >= 0.6 is 35.3 Å². The van der Waals surface area contributed by atoms with Gasteiger partial charge in [-0.15, -0.1) is 35.3 Å². The van der Waals surface area contributed by atoms with E-state index in [1.807, 2.05) is 7.05 Å². The van der Waals surface area contributed by atoms with Crippen molar-refractivity contribution in [2.24, 2.45) is 10.9 Å². The Kier molecular flexibility index (Phi) is 8.76. The summed E-state index contributed by atoms with van der Waals surface area (Å²) in [4.78, 5) is 16.8. The van der Waals surface area contributed by atoms with Crippen LogP contribution in [0.15, 0.2) is 22.5 Å². The van der Waals surface area contributed by atoms with Crippen LogP contribution in [-0.4, -0.2) is 84.5 Å². The van der Waals surface area contributed by atoms with E-state index >= 15 is 0 Å². The van der Waals surface area contributed by atoms with Crippen molar-refractivity contribution in [2.45, 2.75) is 38.8 Å². The number of likely N-dealkylation sites (tertiary alicyclic amines) is 2. The van der Waals surface area contributed by atoms with E-state index in [0.717, 1.165) is 51.1 Å². The largest absolute Gasteiger partial charge is 0.356 e. The lowest BCUT2D eigenvalue weighted by Crippen LogP contribution is -2.45. The Morgan fingerprint density at radius 2 is 1.97 bits per heavy atom. The fourth-order valence-corrected chi connectivity index (χ4v) is 5.26. The summed E-state index contributed by atoms with van der Waals surface area (Å²) in [5.41, 5.74) is 1.23. The predicted octanol–water partition coefficient (Wildman–Crippen LogP) is 2.80. The molecule has 1 aromatic heterocycles. The summed E-state index contributed by atoms with van der Waals surface area (Å²) < 4.78 is 0. The number of aliphatic imine (C=N–C) groups is 1. The lowest BCUT2D eigenvalue weighted by Gasteiger charge is -2.32. The average Bonchev–Trinajstić information content (AvgIpc) is 3.45. The van der Waals surface area contributed by atoms with Crippen molar-refractivity contribution in [1.82, 2.24) is 25.0 Å². The molecule has 3 aliphatic rings. The Morgan fingerprint density at radius 1 is 1.21 bits per heavy atom. The highest BCUT2D eigenvalue weighted by atomic mass is 127. The number of hydrogen-bond donors (Lipinski definition) is 1. The Morgan fingerprint density at radius 3 is 2.62 bits per heavy atom. The van der Waals surface area contributed by atoms with Gasteiger partial charge in [-0.1, -0.05) is 12.2 Å². The molecule has 4 rings (SSSR count). The highest BCUT2D eigenvalue weighted by Crippen LogP contribution is 2.20. The van der Waals surface area contributed by atoms with Gasteiger partial charge in [-0.3, -0.25) is 14.8 Å². The minimum Gasteiger partial charge on any atom is -0.356 e. The molecular weight excluding hydrogens is 495 g/mol. The Bertz CT molecular complexity index is 689. The van der Waals surface area contributed by atoms with Gasteiger partial charge in [-0.25, -0.2) is 4.98 Å². The maximum Gasteiger partial charge on any atom is 0.193 e. The number of hydrogen-bond acceptors (Lipinski definition) is 5. The van der Waals surface area contributed by atoms with Crippen LogP contribution in [-0.2, 0) is 6.54 Å². The van der Waals surface area contributed by atoms with Crippen LogP contribution < -0.4 is 5.32 Å². The number of halogens is 1. The summed E-state index contributed by atoms with van der Waals surface area (Å²) in [6, 6.07) is 0.672. The van der Waals surface area contributed by atoms with E-state index in [1.165, 1.54) is 43.1 Å². The molecule has 1 aromatic rings. The first-order valence-corrected chi connectivity index (χ1v) is 11.6. The van der Waals surface area contributed by atoms with Crippen LogP contribution in [0.5, 0.6) is 0 Å². The van der Waals surface area contributed by atoms with Crippen molar-refractivity contribution in [3.05, 3.63) is 28.2 Å². The number of nitrogens with one attached hydrogen (secondary N) is 1. The molecule has 2 fully saturated rings. The van der Waals surface area contributed by atoms with Crippen molar-refractivity contribution < 1.29 is 0 Å². The van der Waals surface area contributed by atoms with Crippen molar-refractivity contribution in [3.8, 4) is 0 Å². The SMILES string of the molecule is CN=C(NCC1CCN(Cc2csc(C)n2)CC1)N1CCC(N2CC=CC2)C1.I. The number of nitrogens with zero attached hydrogens (tertiary/aromatic N) is 5. The molecule has 1 atom stereocenters. The van der Waals surface area contributed by atoms with Gasteiger partial charge in [0, 0.05) is 57.7 Å². The van der Waals surface area contributed by atoms with E-state index in [4.69, 9.17) is 0 Å². The number of guanidine groups is 1. The zero-order valence-electron chi connectivity index (χ0n) is 17.7. The minimum atomic E-state index is 0. The molecule has 162 valence electrons. The summed E-state index contributed by atoms with van der Waals surface area (Å²) in [5.74, 6) is 1.83. The van der Waals surface area contributed by atoms with E-state index in [9.17, 15) is 0 Å². The number of aromatic nitrogens is 1. The first-order valence-electron chi connectivity index (χ1n) is 10.7. The second-order valence-electron chi connectivity index (χ2n) is 8.32. The first-order chi connectivity index (χ1) is 13.7. The Hall–Kier alpha value is -0.710. The van der Waals surface area contributed by atoms with Gasteiger partial charge >= 0.3 is 0 Å². The molecule has 0 bridgehead atoms. The molecule has 0 amide bonds. The molecule has 3 aliphatic heterocycles. The van der Waals surface area contributed by atoms with Gasteiger partial charge in [0.15, 0.2) is 5.96 Å². The molecule has 8 heteroatoms. The lowest BCUT2D eigenvalue weighted by molar-refractivity contribution is 0.176. The Balaban J connectivity index is 0.00000240. The average molecular weight is 531 g/mol. The third-order valence-corrected chi connectivity index (χ3v) is 7.17. The van der Waals surface area contributed by atoms with Crippen LogP contribution in [0.4, 0.5) is 0 Å². The molecule has 0 saturated carbocycles. The summed E-state index contributed by atoms with van der Waals surface area (Å²) in [6.07, 6.45) is 8.34. The number of piperidine rings is 1. The first kappa shape index (κ1) is 23.0. The minimum absolute atomic E-state index is 0. The normalized spacial score (nSPS) is 24.3. The topological polar surface area (TPSA) is 47.0 Å². The van der Waals surface area contributed by atoms with Crippen molar-refractivity contribution >= 4 is 41.3 Å². The van der Waals surface area contributed by atoms with E-state index in [1.54, 1.807) is 11.3 Å². The number of rotatable bonds is 5. The van der Waals surface area contributed by atoms with Gasteiger partial charge in [0.25, 0.3) is 0 Å². The second-order valence-corrected chi connectivity index (χ2v) is 9.38. The second kappa shape index (κ2) is 11.1. The molecule has 0 radical (unpaired) electrons. The highest BCUT2D eigenvalue weighted by molar-refractivity contribution is 14.0. The van der Waals surface area contributed by atoms with E-state index in [-0.39, 0.29) is 24.0 Å². The number of thiazole rings is 1. The van der Waals surface area contributed by atoms with Gasteiger partial charge < -0.3 is 10.2 Å². The molecule has 1 unspecified atom stereocenters. The Labute approximate surface area is 196 Å². The summed E-state index contributed by atoms with van der Waals surface area (Å²) in [6.45, 7) is 10.9. The molecule has 6 nitrogen and oxygen atoms in total. The predicted molar refractivity (Wildman–Crippen MR) is 132 cm³/mol. The molecular formula is C21H35IN6S. The van der Waals surface area contributed by atoms with E-state index in [0.29, 0.717) is 6.04 Å². The summed E-state index contributed by atoms with van der Waals surface area (Å²) in [5, 5.41) is 7.05. The fraction of sp³-hybridized carbons (Fsp3) is 0.714. The molecule has 2 saturated heterocycles. The van der Waals surface area contributed by atoms with Crippen molar-refractivity contribution in [2.75, 3.05) is 52.9 Å². The molecule has 0 spiro atoms. The fourth-order valence-electron chi connectivity index (χ4n) is 4.65. The third-order valence-electron chi connectivity index (χ3n) is 6.35. The lowest BCUT2D eigenvalue weighted by atomic mass is 9.97. The van der Waals surface area contributed by atoms with E-state index < -0.39 is 0 Å². The summed E-state index contributed by atoms with van der Waals surface area (Å²) in [7, 11) is 1.92. The highest BCUT2D eigenvalue weighted by Gasteiger charge is 2.30. The maximum atomic E-state index is 4.61. The number of aryl methyl sites for hydroxylation is 1. The molecule has 29 heavy (non-hydrogen) atoms. The smallest absolute Gasteiger partial charge is 0.193 e. The maximum absolute atomic E-state index is 4.61. The van der Waals surface area contributed by atoms with E-state index in [2.05, 4.69) is 54.4 Å². The van der Waals surface area contributed by atoms with Crippen LogP contribution in [0.3, 0.4) is 0 Å². The van der Waals surface area contributed by atoms with Crippen LogP contribution in [0, 0.1) is 12.8 Å². The van der Waals surface area contributed by atoms with Crippen LogP contribution in [0.1, 0.15) is 30.0 Å². The zero-order valence-corrected chi connectivity index (χ0v) is 20.9. The molecule has 0 aliphatic carbocycles. The molecule has 1 N–H and O–H groups in total. The monoisotopic (exact) mass is 530 g/mol. The summed E-state index contributed by atoms with van der Waals surface area (Å²) >= 11 is 1.76. The van der Waals surface area contributed by atoms with Gasteiger partial charge in [0.1, 0.15) is 0 Å².